The maximum atomic E-state index is 11.0. The van der Waals surface area contributed by atoms with Gasteiger partial charge in [0.15, 0.2) is 0 Å². The Kier molecular flexibility index (Phi) is 0.703. The lowest BCUT2D eigenvalue weighted by molar-refractivity contribution is -0.143. The van der Waals surface area contributed by atoms with E-state index in [1.807, 2.05) is 0 Å². The SMILES string of the molecule is O=C1O[C@H]2CC3CC1C2O3. The van der Waals surface area contributed by atoms with E-state index in [4.69, 9.17) is 9.47 Å². The van der Waals surface area contributed by atoms with Gasteiger partial charge in [0.25, 0.3) is 0 Å². The predicted molar refractivity (Wildman–Crippen MR) is 31.3 cm³/mol. The predicted octanol–water partition coefficient (Wildman–Crippen LogP) is 0.0892. The maximum absolute atomic E-state index is 11.0. The summed E-state index contributed by atoms with van der Waals surface area (Å²) in [5, 5.41) is 0. The lowest BCUT2D eigenvalue weighted by Gasteiger charge is -2.07. The summed E-state index contributed by atoms with van der Waals surface area (Å²) >= 11 is 0. The van der Waals surface area contributed by atoms with E-state index < -0.39 is 0 Å². The molecule has 3 aliphatic heterocycles. The van der Waals surface area contributed by atoms with Crippen LogP contribution in [0.5, 0.6) is 0 Å². The van der Waals surface area contributed by atoms with E-state index >= 15 is 0 Å². The molecule has 3 heterocycles. The highest BCUT2D eigenvalue weighted by atomic mass is 16.6. The fourth-order valence-electron chi connectivity index (χ4n) is 2.26. The standard InChI is InChI=1S/C7H8O3/c8-7-4-1-3-2-5(10-7)6(4)9-3/h3-6H,1-2H2/t3?,4?,5-,6?/m0/s1. The van der Waals surface area contributed by atoms with Crippen LogP contribution in [0.25, 0.3) is 0 Å². The minimum atomic E-state index is -0.0324. The summed E-state index contributed by atoms with van der Waals surface area (Å²) in [6.45, 7) is 0. The van der Waals surface area contributed by atoms with Crippen molar-refractivity contribution in [3.63, 3.8) is 0 Å². The molecule has 2 bridgehead atoms. The molecule has 0 aromatic heterocycles. The normalized spacial score (nSPS) is 55.8. The van der Waals surface area contributed by atoms with Crippen LogP contribution in [0, 0.1) is 5.92 Å². The van der Waals surface area contributed by atoms with Gasteiger partial charge in [-0.1, -0.05) is 0 Å². The second-order valence-corrected chi connectivity index (χ2v) is 3.28. The molecule has 0 saturated carbocycles. The van der Waals surface area contributed by atoms with Gasteiger partial charge in [-0.05, 0) is 6.42 Å². The van der Waals surface area contributed by atoms with Crippen molar-refractivity contribution in [3.8, 4) is 0 Å². The zero-order valence-electron chi connectivity index (χ0n) is 5.45. The molecule has 0 amide bonds. The molecule has 3 unspecified atom stereocenters. The third-order valence-electron chi connectivity index (χ3n) is 2.69. The molecule has 3 saturated heterocycles. The molecule has 0 spiro atoms. The van der Waals surface area contributed by atoms with Gasteiger partial charge in [-0.15, -0.1) is 0 Å². The van der Waals surface area contributed by atoms with Gasteiger partial charge < -0.3 is 9.47 Å². The summed E-state index contributed by atoms with van der Waals surface area (Å²) in [4.78, 5) is 11.0. The first kappa shape index (κ1) is 5.13. The van der Waals surface area contributed by atoms with Crippen molar-refractivity contribution in [2.24, 2.45) is 5.92 Å². The van der Waals surface area contributed by atoms with E-state index in [-0.39, 0.29) is 24.1 Å². The fourth-order valence-corrected chi connectivity index (χ4v) is 2.26. The van der Waals surface area contributed by atoms with Gasteiger partial charge in [0, 0.05) is 6.42 Å². The van der Waals surface area contributed by atoms with E-state index in [1.54, 1.807) is 0 Å². The molecule has 0 N–H and O–H groups in total. The molecule has 54 valence electrons. The number of rotatable bonds is 0. The third-order valence-corrected chi connectivity index (χ3v) is 2.69. The molecule has 0 aliphatic carbocycles. The Morgan fingerprint density at radius 3 is 2.90 bits per heavy atom. The Morgan fingerprint density at radius 1 is 1.40 bits per heavy atom. The van der Waals surface area contributed by atoms with Crippen molar-refractivity contribution in [1.82, 2.24) is 0 Å². The van der Waals surface area contributed by atoms with Gasteiger partial charge in [-0.25, -0.2) is 0 Å². The molecule has 3 aliphatic rings. The Morgan fingerprint density at radius 2 is 2.30 bits per heavy atom. The van der Waals surface area contributed by atoms with Crippen molar-refractivity contribution in [3.05, 3.63) is 0 Å². The van der Waals surface area contributed by atoms with Crippen LogP contribution in [0.15, 0.2) is 0 Å². The summed E-state index contributed by atoms with van der Waals surface area (Å²) in [6.07, 6.45) is 2.40. The monoisotopic (exact) mass is 140 g/mol. The van der Waals surface area contributed by atoms with Crippen LogP contribution in [0.4, 0.5) is 0 Å². The van der Waals surface area contributed by atoms with Gasteiger partial charge in [-0.3, -0.25) is 4.79 Å². The Balaban J connectivity index is 2.05. The molecule has 3 rings (SSSR count). The van der Waals surface area contributed by atoms with E-state index in [0.717, 1.165) is 12.8 Å². The second kappa shape index (κ2) is 1.37. The number of carbonyl (C=O) groups excluding carboxylic acids is 1. The summed E-state index contributed by atoms with van der Waals surface area (Å²) in [5.41, 5.74) is 0. The molecule has 3 fully saturated rings. The molecule has 0 aromatic carbocycles. The number of ether oxygens (including phenoxy) is 2. The molecule has 0 aromatic rings. The van der Waals surface area contributed by atoms with E-state index in [0.29, 0.717) is 6.10 Å². The Labute approximate surface area is 58.3 Å². The smallest absolute Gasteiger partial charge is 0.312 e. The second-order valence-electron chi connectivity index (χ2n) is 3.28. The van der Waals surface area contributed by atoms with Crippen molar-refractivity contribution >= 4 is 5.97 Å². The topological polar surface area (TPSA) is 35.5 Å². The van der Waals surface area contributed by atoms with E-state index in [2.05, 4.69) is 0 Å². The first-order valence-corrected chi connectivity index (χ1v) is 3.70. The van der Waals surface area contributed by atoms with Gasteiger partial charge in [0.2, 0.25) is 0 Å². The minimum Gasteiger partial charge on any atom is -0.459 e. The van der Waals surface area contributed by atoms with Crippen molar-refractivity contribution in [2.75, 3.05) is 0 Å². The number of hydrogen-bond donors (Lipinski definition) is 0. The summed E-state index contributed by atoms with van der Waals surface area (Å²) in [6, 6.07) is 0. The van der Waals surface area contributed by atoms with E-state index in [9.17, 15) is 4.79 Å². The molecule has 10 heavy (non-hydrogen) atoms. The zero-order chi connectivity index (χ0) is 6.72. The number of esters is 1. The number of carbonyl (C=O) groups is 1. The highest BCUT2D eigenvalue weighted by molar-refractivity contribution is 5.76. The summed E-state index contributed by atoms with van der Waals surface area (Å²) in [5.74, 6) is 0.0544. The molecular formula is C7H8O3. The first-order chi connectivity index (χ1) is 4.84. The third kappa shape index (κ3) is 0.408. The zero-order valence-corrected chi connectivity index (χ0v) is 5.45. The van der Waals surface area contributed by atoms with Crippen LogP contribution in [0.1, 0.15) is 12.8 Å². The van der Waals surface area contributed by atoms with Crippen LogP contribution < -0.4 is 0 Å². The van der Waals surface area contributed by atoms with E-state index in [1.165, 1.54) is 0 Å². The van der Waals surface area contributed by atoms with Crippen LogP contribution in [0.2, 0.25) is 0 Å². The van der Waals surface area contributed by atoms with Crippen molar-refractivity contribution < 1.29 is 14.3 Å². The largest absolute Gasteiger partial charge is 0.459 e. The number of fused-ring (bicyclic) bond motifs is 1. The van der Waals surface area contributed by atoms with Gasteiger partial charge in [0.1, 0.15) is 12.2 Å². The highest BCUT2D eigenvalue weighted by Gasteiger charge is 2.57. The Hall–Kier alpha value is -0.570. The van der Waals surface area contributed by atoms with Gasteiger partial charge in [-0.2, -0.15) is 0 Å². The van der Waals surface area contributed by atoms with Crippen molar-refractivity contribution in [2.45, 2.75) is 31.2 Å². The lowest BCUT2D eigenvalue weighted by atomic mass is 9.90. The van der Waals surface area contributed by atoms with Crippen LogP contribution in [0.3, 0.4) is 0 Å². The first-order valence-electron chi connectivity index (χ1n) is 3.70. The highest BCUT2D eigenvalue weighted by Crippen LogP contribution is 2.45. The fraction of sp³-hybridized carbons (Fsp3) is 0.857. The number of hydrogen-bond acceptors (Lipinski definition) is 3. The maximum Gasteiger partial charge on any atom is 0.312 e. The van der Waals surface area contributed by atoms with Crippen molar-refractivity contribution in [1.29, 1.82) is 0 Å². The lowest BCUT2D eigenvalue weighted by Crippen LogP contribution is -2.22. The minimum absolute atomic E-state index is 0.0324. The summed E-state index contributed by atoms with van der Waals surface area (Å²) < 4.78 is 10.6. The average molecular weight is 140 g/mol. The summed E-state index contributed by atoms with van der Waals surface area (Å²) in [7, 11) is 0. The van der Waals surface area contributed by atoms with Gasteiger partial charge in [0.05, 0.1) is 12.0 Å². The average Bonchev–Trinajstić information content (AvgIpc) is 2.44. The molecule has 0 radical (unpaired) electrons. The van der Waals surface area contributed by atoms with Gasteiger partial charge >= 0.3 is 5.97 Å². The van der Waals surface area contributed by atoms with Crippen LogP contribution in [-0.4, -0.2) is 24.3 Å². The molecule has 3 heteroatoms. The molecule has 4 atom stereocenters. The quantitative estimate of drug-likeness (QED) is 0.447. The van der Waals surface area contributed by atoms with Crippen LogP contribution >= 0.6 is 0 Å². The molecule has 3 nitrogen and oxygen atoms in total. The molecular weight excluding hydrogens is 132 g/mol. The Bertz CT molecular complexity index is 199. The van der Waals surface area contributed by atoms with Crippen LogP contribution in [-0.2, 0) is 14.3 Å².